The zero-order chi connectivity index (χ0) is 20.4. The van der Waals surface area contributed by atoms with Crippen molar-refractivity contribution in [2.75, 3.05) is 39.5 Å². The lowest BCUT2D eigenvalue weighted by Crippen LogP contribution is -2.28. The van der Waals surface area contributed by atoms with E-state index in [1.54, 1.807) is 0 Å². The lowest BCUT2D eigenvalue weighted by Gasteiger charge is -2.25. The molecule has 0 unspecified atom stereocenters. The van der Waals surface area contributed by atoms with Gasteiger partial charge in [-0.3, -0.25) is 4.90 Å². The number of halogens is 1. The fourth-order valence-electron chi connectivity index (χ4n) is 3.34. The first-order valence-electron chi connectivity index (χ1n) is 9.88. The second-order valence-corrected chi connectivity index (χ2v) is 7.66. The number of hydrogen-bond acceptors (Lipinski definition) is 4. The Morgan fingerprint density at radius 2 is 1.46 bits per heavy atom. The predicted octanol–water partition coefficient (Wildman–Crippen LogP) is 4.26. The maximum atomic E-state index is 6.04. The Labute approximate surface area is 174 Å². The molecular formula is C23H33ClN2O2. The van der Waals surface area contributed by atoms with E-state index in [0.717, 1.165) is 24.7 Å². The number of nitrogens with zero attached hydrogens (tertiary/aromatic N) is 1. The number of aryl methyl sites for hydroxylation is 3. The summed E-state index contributed by atoms with van der Waals surface area (Å²) in [6.07, 6.45) is 0. The summed E-state index contributed by atoms with van der Waals surface area (Å²) in [7, 11) is 0. The first kappa shape index (κ1) is 22.9. The Morgan fingerprint density at radius 3 is 2.07 bits per heavy atom. The summed E-state index contributed by atoms with van der Waals surface area (Å²) in [6.45, 7) is 12.1. The topological polar surface area (TPSA) is 47.7 Å². The molecule has 0 saturated heterocycles. The Hall–Kier alpha value is -1.43. The summed E-state index contributed by atoms with van der Waals surface area (Å²) in [5, 5.41) is 0.765. The van der Waals surface area contributed by atoms with Crippen molar-refractivity contribution in [2.24, 2.45) is 5.73 Å². The van der Waals surface area contributed by atoms with Crippen LogP contribution < -0.4 is 5.73 Å². The van der Waals surface area contributed by atoms with E-state index in [0.29, 0.717) is 33.0 Å². The Balaban J connectivity index is 1.98. The molecular weight excluding hydrogens is 372 g/mol. The van der Waals surface area contributed by atoms with Crippen molar-refractivity contribution in [1.82, 2.24) is 4.90 Å². The van der Waals surface area contributed by atoms with E-state index in [1.165, 1.54) is 27.8 Å². The van der Waals surface area contributed by atoms with Crippen LogP contribution in [0.1, 0.15) is 27.8 Å². The number of rotatable bonds is 12. The first-order chi connectivity index (χ1) is 13.5. The molecule has 4 nitrogen and oxygen atoms in total. The highest BCUT2D eigenvalue weighted by molar-refractivity contribution is 6.30. The summed E-state index contributed by atoms with van der Waals surface area (Å²) >= 11 is 6.04. The van der Waals surface area contributed by atoms with Crippen molar-refractivity contribution in [3.05, 3.63) is 69.2 Å². The minimum absolute atomic E-state index is 0.546. The van der Waals surface area contributed by atoms with Crippen LogP contribution in [0.15, 0.2) is 36.4 Å². The Bertz CT molecular complexity index is 696. The summed E-state index contributed by atoms with van der Waals surface area (Å²) < 4.78 is 11.1. The highest BCUT2D eigenvalue weighted by Gasteiger charge is 2.12. The molecule has 5 heteroatoms. The Morgan fingerprint density at radius 1 is 0.857 bits per heavy atom. The van der Waals surface area contributed by atoms with Crippen molar-refractivity contribution in [3.63, 3.8) is 0 Å². The monoisotopic (exact) mass is 404 g/mol. The molecule has 2 N–H and O–H groups in total. The van der Waals surface area contributed by atoms with Crippen LogP contribution in [0, 0.1) is 20.8 Å². The normalized spacial score (nSPS) is 11.4. The average Bonchev–Trinajstić information content (AvgIpc) is 2.65. The van der Waals surface area contributed by atoms with Crippen LogP contribution in [-0.4, -0.2) is 44.4 Å². The lowest BCUT2D eigenvalue weighted by atomic mass is 9.99. The van der Waals surface area contributed by atoms with Gasteiger partial charge in [0.1, 0.15) is 0 Å². The van der Waals surface area contributed by atoms with Crippen molar-refractivity contribution in [1.29, 1.82) is 0 Å². The fourth-order valence-corrected chi connectivity index (χ4v) is 3.47. The zero-order valence-electron chi connectivity index (χ0n) is 17.3. The molecule has 2 aromatic carbocycles. The van der Waals surface area contributed by atoms with E-state index in [-0.39, 0.29) is 0 Å². The largest absolute Gasteiger partial charge is 0.378 e. The van der Waals surface area contributed by atoms with Crippen LogP contribution in [0.4, 0.5) is 0 Å². The number of benzene rings is 2. The van der Waals surface area contributed by atoms with Crippen LogP contribution in [0.5, 0.6) is 0 Å². The molecule has 2 rings (SSSR count). The molecule has 0 aliphatic carbocycles. The molecule has 0 radical (unpaired) electrons. The summed E-state index contributed by atoms with van der Waals surface area (Å²) in [4.78, 5) is 2.43. The van der Waals surface area contributed by atoms with E-state index in [4.69, 9.17) is 26.8 Å². The van der Waals surface area contributed by atoms with Gasteiger partial charge in [-0.05, 0) is 55.2 Å². The molecule has 0 aliphatic heterocycles. The van der Waals surface area contributed by atoms with E-state index in [9.17, 15) is 0 Å². The van der Waals surface area contributed by atoms with Gasteiger partial charge in [-0.25, -0.2) is 0 Å². The van der Waals surface area contributed by atoms with Crippen LogP contribution in [0.25, 0.3) is 0 Å². The minimum atomic E-state index is 0.546. The van der Waals surface area contributed by atoms with Crippen LogP contribution in [0.2, 0.25) is 5.02 Å². The van der Waals surface area contributed by atoms with Gasteiger partial charge in [-0.1, -0.05) is 41.4 Å². The van der Waals surface area contributed by atoms with Gasteiger partial charge in [0.05, 0.1) is 26.4 Å². The second kappa shape index (κ2) is 12.2. The number of hydrogen-bond donors (Lipinski definition) is 1. The molecule has 0 aromatic heterocycles. The van der Waals surface area contributed by atoms with Crippen LogP contribution in [-0.2, 0) is 22.6 Å². The third kappa shape index (κ3) is 7.90. The number of nitrogens with two attached hydrogens (primary N) is 1. The SMILES string of the molecule is Cc1cc(C)c(CN(CCOCCOCCN)Cc2ccc(Cl)cc2)c(C)c1. The predicted molar refractivity (Wildman–Crippen MR) is 117 cm³/mol. The maximum Gasteiger partial charge on any atom is 0.0701 e. The molecule has 0 aliphatic rings. The molecule has 0 fully saturated rings. The minimum Gasteiger partial charge on any atom is -0.378 e. The van der Waals surface area contributed by atoms with E-state index in [1.807, 2.05) is 12.1 Å². The van der Waals surface area contributed by atoms with Gasteiger partial charge in [-0.15, -0.1) is 0 Å². The molecule has 0 spiro atoms. The third-order valence-electron chi connectivity index (χ3n) is 4.73. The zero-order valence-corrected chi connectivity index (χ0v) is 18.1. The maximum absolute atomic E-state index is 6.04. The van der Waals surface area contributed by atoms with Crippen molar-refractivity contribution < 1.29 is 9.47 Å². The van der Waals surface area contributed by atoms with Crippen molar-refractivity contribution in [2.45, 2.75) is 33.9 Å². The molecule has 0 amide bonds. The van der Waals surface area contributed by atoms with Gasteiger partial charge >= 0.3 is 0 Å². The summed E-state index contributed by atoms with van der Waals surface area (Å²) in [5.74, 6) is 0. The van der Waals surface area contributed by atoms with Gasteiger partial charge in [0, 0.05) is 31.2 Å². The lowest BCUT2D eigenvalue weighted by molar-refractivity contribution is 0.0392. The number of ether oxygens (including phenoxy) is 2. The van der Waals surface area contributed by atoms with Crippen LogP contribution in [0.3, 0.4) is 0 Å². The van der Waals surface area contributed by atoms with Gasteiger partial charge in [-0.2, -0.15) is 0 Å². The smallest absolute Gasteiger partial charge is 0.0701 e. The highest BCUT2D eigenvalue weighted by Crippen LogP contribution is 2.20. The molecule has 0 bridgehead atoms. The van der Waals surface area contributed by atoms with E-state index >= 15 is 0 Å². The quantitative estimate of drug-likeness (QED) is 0.537. The van der Waals surface area contributed by atoms with E-state index in [2.05, 4.69) is 49.9 Å². The summed E-state index contributed by atoms with van der Waals surface area (Å²) in [5.41, 5.74) is 12.1. The second-order valence-electron chi connectivity index (χ2n) is 7.23. The molecule has 154 valence electrons. The highest BCUT2D eigenvalue weighted by atomic mass is 35.5. The van der Waals surface area contributed by atoms with Crippen molar-refractivity contribution in [3.8, 4) is 0 Å². The standard InChI is InChI=1S/C23H33ClN2O2/c1-18-14-19(2)23(20(3)15-18)17-26(9-11-28-13-12-27-10-8-25)16-21-4-6-22(24)7-5-21/h4-7,14-15H,8-13,16-17,25H2,1-3H3. The molecule has 28 heavy (non-hydrogen) atoms. The molecule has 0 saturated carbocycles. The van der Waals surface area contributed by atoms with Gasteiger partial charge < -0.3 is 15.2 Å². The third-order valence-corrected chi connectivity index (χ3v) is 4.98. The van der Waals surface area contributed by atoms with E-state index < -0.39 is 0 Å². The summed E-state index contributed by atoms with van der Waals surface area (Å²) in [6, 6.07) is 12.6. The van der Waals surface area contributed by atoms with Crippen molar-refractivity contribution >= 4 is 11.6 Å². The average molecular weight is 405 g/mol. The van der Waals surface area contributed by atoms with Crippen LogP contribution >= 0.6 is 11.6 Å². The molecule has 0 heterocycles. The molecule has 0 atom stereocenters. The fraction of sp³-hybridized carbons (Fsp3) is 0.478. The van der Waals surface area contributed by atoms with Gasteiger partial charge in [0.15, 0.2) is 0 Å². The van der Waals surface area contributed by atoms with Gasteiger partial charge in [0.2, 0.25) is 0 Å². The first-order valence-corrected chi connectivity index (χ1v) is 10.3. The Kier molecular flexibility index (Phi) is 9.96. The van der Waals surface area contributed by atoms with Gasteiger partial charge in [0.25, 0.3) is 0 Å². The molecule has 2 aromatic rings.